The number of hydrogen-bond acceptors (Lipinski definition) is 6. The quantitative estimate of drug-likeness (QED) is 0.460. The summed E-state index contributed by atoms with van der Waals surface area (Å²) in [6.07, 6.45) is 0. The van der Waals surface area contributed by atoms with Crippen LogP contribution in [0.4, 0.5) is 4.39 Å². The first-order chi connectivity index (χ1) is 14.5. The molecule has 0 aliphatic carbocycles. The van der Waals surface area contributed by atoms with E-state index < -0.39 is 23.5 Å². The van der Waals surface area contributed by atoms with E-state index in [1.807, 2.05) is 0 Å². The minimum absolute atomic E-state index is 0.0528. The van der Waals surface area contributed by atoms with Gasteiger partial charge >= 0.3 is 0 Å². The van der Waals surface area contributed by atoms with Gasteiger partial charge in [-0.2, -0.15) is 0 Å². The van der Waals surface area contributed by atoms with E-state index in [1.165, 1.54) is 29.2 Å². The Labute approximate surface area is 173 Å². The summed E-state index contributed by atoms with van der Waals surface area (Å²) in [6, 6.07) is 7.73. The number of halogens is 1. The van der Waals surface area contributed by atoms with Gasteiger partial charge < -0.3 is 19.2 Å². The second-order valence-corrected chi connectivity index (χ2v) is 7.40. The number of nitrogens with zero attached hydrogens (tertiary/aromatic N) is 2. The molecule has 3 heterocycles. The SMILES string of the molecule is Cc1ccc([C@H]2C(=C(O)c3ccc(F)cc3)C(=O)C(=O)N2CCN2CCOCC2)o1. The van der Waals surface area contributed by atoms with Crippen LogP contribution in [-0.4, -0.2) is 66.0 Å². The normalized spacial score (nSPS) is 22.1. The molecule has 1 aromatic carbocycles. The number of amides is 1. The van der Waals surface area contributed by atoms with Crippen molar-refractivity contribution in [1.29, 1.82) is 0 Å². The van der Waals surface area contributed by atoms with Crippen LogP contribution in [0.25, 0.3) is 5.76 Å². The highest BCUT2D eigenvalue weighted by molar-refractivity contribution is 6.46. The van der Waals surface area contributed by atoms with Crippen LogP contribution in [0.3, 0.4) is 0 Å². The van der Waals surface area contributed by atoms with Gasteiger partial charge in [-0.05, 0) is 43.3 Å². The third-order valence-corrected chi connectivity index (χ3v) is 5.45. The molecule has 30 heavy (non-hydrogen) atoms. The Hall–Kier alpha value is -2.97. The molecule has 1 aromatic heterocycles. The zero-order valence-corrected chi connectivity index (χ0v) is 16.6. The van der Waals surface area contributed by atoms with Gasteiger partial charge in [-0.3, -0.25) is 14.5 Å². The van der Waals surface area contributed by atoms with Crippen molar-refractivity contribution in [1.82, 2.24) is 9.80 Å². The maximum absolute atomic E-state index is 13.3. The third kappa shape index (κ3) is 3.88. The lowest BCUT2D eigenvalue weighted by Gasteiger charge is -2.30. The van der Waals surface area contributed by atoms with Crippen LogP contribution in [0.1, 0.15) is 23.1 Å². The summed E-state index contributed by atoms with van der Waals surface area (Å²) in [7, 11) is 0. The zero-order valence-electron chi connectivity index (χ0n) is 16.6. The second kappa shape index (κ2) is 8.41. The maximum Gasteiger partial charge on any atom is 0.295 e. The number of Topliss-reactive ketones (excluding diaryl/α,β-unsaturated/α-hetero) is 1. The first-order valence-corrected chi connectivity index (χ1v) is 9.86. The van der Waals surface area contributed by atoms with Crippen molar-refractivity contribution >= 4 is 17.4 Å². The van der Waals surface area contributed by atoms with Crippen molar-refractivity contribution in [3.8, 4) is 0 Å². The number of benzene rings is 1. The van der Waals surface area contributed by atoms with Crippen LogP contribution in [0, 0.1) is 12.7 Å². The molecular formula is C22H23FN2O5. The number of ketones is 1. The average molecular weight is 414 g/mol. The monoisotopic (exact) mass is 414 g/mol. The van der Waals surface area contributed by atoms with Gasteiger partial charge in [0.15, 0.2) is 0 Å². The number of morpholine rings is 1. The Kier molecular flexibility index (Phi) is 5.69. The summed E-state index contributed by atoms with van der Waals surface area (Å²) < 4.78 is 24.4. The standard InChI is InChI=1S/C22H23FN2O5/c1-14-2-7-17(30-14)19-18(20(26)15-3-5-16(23)6-4-15)21(27)22(28)25(19)9-8-24-10-12-29-13-11-24/h2-7,19,26H,8-13H2,1H3/t19-/m0/s1. The van der Waals surface area contributed by atoms with Crippen LogP contribution in [0.2, 0.25) is 0 Å². The Bertz CT molecular complexity index is 976. The second-order valence-electron chi connectivity index (χ2n) is 7.40. The molecule has 7 nitrogen and oxygen atoms in total. The molecule has 0 spiro atoms. The fourth-order valence-electron chi connectivity index (χ4n) is 3.84. The van der Waals surface area contributed by atoms with E-state index >= 15 is 0 Å². The average Bonchev–Trinajstić information content (AvgIpc) is 3.28. The molecule has 158 valence electrons. The number of rotatable bonds is 5. The van der Waals surface area contributed by atoms with Gasteiger partial charge in [0.2, 0.25) is 0 Å². The number of furan rings is 1. The zero-order chi connectivity index (χ0) is 21.3. The van der Waals surface area contributed by atoms with Crippen LogP contribution < -0.4 is 0 Å². The van der Waals surface area contributed by atoms with Crippen LogP contribution in [0.5, 0.6) is 0 Å². The Morgan fingerprint density at radius 2 is 1.80 bits per heavy atom. The van der Waals surface area contributed by atoms with Crippen LogP contribution >= 0.6 is 0 Å². The number of aliphatic hydroxyl groups is 1. The summed E-state index contributed by atoms with van der Waals surface area (Å²) in [4.78, 5) is 29.3. The lowest BCUT2D eigenvalue weighted by atomic mass is 9.99. The fraction of sp³-hybridized carbons (Fsp3) is 0.364. The van der Waals surface area contributed by atoms with Crippen molar-refractivity contribution in [3.05, 3.63) is 64.9 Å². The van der Waals surface area contributed by atoms with Gasteiger partial charge in [0.1, 0.15) is 29.1 Å². The molecule has 2 aliphatic heterocycles. The summed E-state index contributed by atoms with van der Waals surface area (Å²) in [6.45, 7) is 5.41. The Morgan fingerprint density at radius 3 is 2.43 bits per heavy atom. The number of likely N-dealkylation sites (tertiary alicyclic amines) is 1. The van der Waals surface area contributed by atoms with Crippen molar-refractivity contribution in [3.63, 3.8) is 0 Å². The first-order valence-electron chi connectivity index (χ1n) is 9.86. The van der Waals surface area contributed by atoms with Gasteiger partial charge in [0, 0.05) is 31.7 Å². The Morgan fingerprint density at radius 1 is 1.10 bits per heavy atom. The highest BCUT2D eigenvalue weighted by atomic mass is 19.1. The minimum Gasteiger partial charge on any atom is -0.507 e. The molecular weight excluding hydrogens is 391 g/mol. The molecule has 2 aliphatic rings. The number of carbonyl (C=O) groups excluding carboxylic acids is 2. The van der Waals surface area contributed by atoms with Crippen molar-refractivity contribution in [2.75, 3.05) is 39.4 Å². The maximum atomic E-state index is 13.3. The van der Waals surface area contributed by atoms with Gasteiger partial charge in [-0.25, -0.2) is 4.39 Å². The summed E-state index contributed by atoms with van der Waals surface area (Å²) >= 11 is 0. The molecule has 1 N–H and O–H groups in total. The van der Waals surface area contributed by atoms with E-state index in [0.29, 0.717) is 37.8 Å². The van der Waals surface area contributed by atoms with Gasteiger partial charge in [-0.1, -0.05) is 0 Å². The van der Waals surface area contributed by atoms with Crippen molar-refractivity contribution in [2.24, 2.45) is 0 Å². The summed E-state index contributed by atoms with van der Waals surface area (Å²) in [5.74, 6) is -1.25. The largest absolute Gasteiger partial charge is 0.507 e. The van der Waals surface area contributed by atoms with E-state index in [0.717, 1.165) is 13.1 Å². The van der Waals surface area contributed by atoms with E-state index in [4.69, 9.17) is 9.15 Å². The third-order valence-electron chi connectivity index (χ3n) is 5.45. The topological polar surface area (TPSA) is 83.2 Å². The molecule has 2 aromatic rings. The molecule has 8 heteroatoms. The van der Waals surface area contributed by atoms with E-state index in [9.17, 15) is 19.1 Å². The van der Waals surface area contributed by atoms with Crippen molar-refractivity contribution in [2.45, 2.75) is 13.0 Å². The number of hydrogen-bond donors (Lipinski definition) is 1. The highest BCUT2D eigenvalue weighted by Crippen LogP contribution is 2.39. The molecule has 1 amide bonds. The molecule has 0 bridgehead atoms. The smallest absolute Gasteiger partial charge is 0.295 e. The number of aliphatic hydroxyl groups excluding tert-OH is 1. The Balaban J connectivity index is 1.70. The number of ether oxygens (including phenoxy) is 1. The van der Waals surface area contributed by atoms with Crippen LogP contribution in [0.15, 0.2) is 46.4 Å². The number of carbonyl (C=O) groups is 2. The lowest BCUT2D eigenvalue weighted by Crippen LogP contribution is -2.42. The van der Waals surface area contributed by atoms with Gasteiger partial charge in [0.25, 0.3) is 11.7 Å². The van der Waals surface area contributed by atoms with Crippen LogP contribution in [-0.2, 0) is 14.3 Å². The van der Waals surface area contributed by atoms with Crippen molar-refractivity contribution < 1.29 is 28.2 Å². The summed E-state index contributed by atoms with van der Waals surface area (Å²) in [5, 5.41) is 10.9. The van der Waals surface area contributed by atoms with E-state index in [2.05, 4.69) is 4.90 Å². The first kappa shape index (κ1) is 20.3. The molecule has 0 saturated carbocycles. The molecule has 4 rings (SSSR count). The highest BCUT2D eigenvalue weighted by Gasteiger charge is 2.47. The summed E-state index contributed by atoms with van der Waals surface area (Å²) in [5.41, 5.74) is 0.207. The van der Waals surface area contributed by atoms with E-state index in [-0.39, 0.29) is 16.9 Å². The molecule has 2 fully saturated rings. The van der Waals surface area contributed by atoms with Gasteiger partial charge in [-0.15, -0.1) is 0 Å². The molecule has 2 saturated heterocycles. The predicted octanol–water partition coefficient (Wildman–Crippen LogP) is 2.48. The fourth-order valence-corrected chi connectivity index (χ4v) is 3.84. The minimum atomic E-state index is -0.843. The predicted molar refractivity (Wildman–Crippen MR) is 106 cm³/mol. The lowest BCUT2D eigenvalue weighted by molar-refractivity contribution is -0.140. The van der Waals surface area contributed by atoms with Gasteiger partial charge in [0.05, 0.1) is 18.8 Å². The number of aryl methyl sites for hydroxylation is 1. The molecule has 0 radical (unpaired) electrons. The molecule has 1 atom stereocenters. The van der Waals surface area contributed by atoms with E-state index in [1.54, 1.807) is 19.1 Å². The molecule has 0 unspecified atom stereocenters.